The fourth-order valence-corrected chi connectivity index (χ4v) is 3.07. The molecule has 2 heterocycles. The summed E-state index contributed by atoms with van der Waals surface area (Å²) in [5.41, 5.74) is 6.01. The molecule has 0 aliphatic carbocycles. The summed E-state index contributed by atoms with van der Waals surface area (Å²) in [6.07, 6.45) is 3.59. The van der Waals surface area contributed by atoms with Crippen molar-refractivity contribution >= 4 is 17.2 Å². The number of benzene rings is 2. The van der Waals surface area contributed by atoms with Gasteiger partial charge in [-0.2, -0.15) is 5.26 Å². The molecule has 4 rings (SSSR count). The minimum Gasteiger partial charge on any atom is -0.295 e. The Kier molecular flexibility index (Phi) is 3.72. The summed E-state index contributed by atoms with van der Waals surface area (Å²) in [6, 6.07) is 17.7. The zero-order valence-electron chi connectivity index (χ0n) is 13.4. The second-order valence-electron chi connectivity index (χ2n) is 5.78. The van der Waals surface area contributed by atoms with Gasteiger partial charge in [-0.1, -0.05) is 53.6 Å². The van der Waals surface area contributed by atoms with E-state index in [4.69, 9.17) is 16.9 Å². The molecular formula is C20H13ClN4. The molecule has 0 fully saturated rings. The van der Waals surface area contributed by atoms with E-state index in [1.165, 1.54) is 5.56 Å². The second-order valence-corrected chi connectivity index (χ2v) is 6.13. The Morgan fingerprint density at radius 3 is 2.36 bits per heavy atom. The number of nitrogens with zero attached hydrogens (tertiary/aromatic N) is 4. The van der Waals surface area contributed by atoms with Crippen LogP contribution in [0.15, 0.2) is 60.9 Å². The van der Waals surface area contributed by atoms with Gasteiger partial charge in [-0.15, -0.1) is 0 Å². The van der Waals surface area contributed by atoms with E-state index in [0.29, 0.717) is 16.4 Å². The molecule has 2 aromatic carbocycles. The lowest BCUT2D eigenvalue weighted by atomic mass is 10.0. The van der Waals surface area contributed by atoms with Gasteiger partial charge in [-0.3, -0.25) is 4.40 Å². The first kappa shape index (κ1) is 15.4. The summed E-state index contributed by atoms with van der Waals surface area (Å²) >= 11 is 6.35. The summed E-state index contributed by atoms with van der Waals surface area (Å²) in [4.78, 5) is 8.91. The normalized spacial score (nSPS) is 10.8. The molecule has 120 valence electrons. The predicted octanol–water partition coefficient (Wildman–Crippen LogP) is 4.90. The molecule has 0 atom stereocenters. The van der Waals surface area contributed by atoms with Gasteiger partial charge in [0.05, 0.1) is 23.0 Å². The summed E-state index contributed by atoms with van der Waals surface area (Å²) in [7, 11) is 0. The van der Waals surface area contributed by atoms with Crippen LogP contribution in [0.25, 0.3) is 28.2 Å². The molecule has 0 bridgehead atoms. The quantitative estimate of drug-likeness (QED) is 0.520. The Labute approximate surface area is 150 Å². The van der Waals surface area contributed by atoms with Gasteiger partial charge >= 0.3 is 0 Å². The molecule has 4 nitrogen and oxygen atoms in total. The zero-order valence-corrected chi connectivity index (χ0v) is 14.2. The number of hydrogen-bond acceptors (Lipinski definition) is 3. The number of aryl methyl sites for hydroxylation is 1. The Hall–Kier alpha value is -3.16. The van der Waals surface area contributed by atoms with Crippen LogP contribution in [0, 0.1) is 18.3 Å². The lowest BCUT2D eigenvalue weighted by molar-refractivity contribution is 1.14. The maximum atomic E-state index is 9.02. The first-order valence-corrected chi connectivity index (χ1v) is 8.15. The van der Waals surface area contributed by atoms with Crippen LogP contribution in [0.4, 0.5) is 0 Å². The molecule has 0 N–H and O–H groups in total. The van der Waals surface area contributed by atoms with Crippen LogP contribution in [0.2, 0.25) is 5.15 Å². The largest absolute Gasteiger partial charge is 0.295 e. The van der Waals surface area contributed by atoms with Crippen molar-refractivity contribution in [2.75, 3.05) is 0 Å². The van der Waals surface area contributed by atoms with E-state index in [1.54, 1.807) is 18.3 Å². The van der Waals surface area contributed by atoms with E-state index in [1.807, 2.05) is 22.7 Å². The molecule has 4 aromatic rings. The minimum absolute atomic E-state index is 0.347. The first-order chi connectivity index (χ1) is 12.2. The topological polar surface area (TPSA) is 54.0 Å². The number of aromatic nitrogens is 3. The van der Waals surface area contributed by atoms with Gasteiger partial charge in [0.1, 0.15) is 0 Å². The SMILES string of the molecule is Cc1ccc(-c2c(-c3ccc(C#N)cc3)nc(Cl)c3nccn23)cc1. The van der Waals surface area contributed by atoms with Crippen molar-refractivity contribution in [3.05, 3.63) is 77.2 Å². The fraction of sp³-hybridized carbons (Fsp3) is 0.0500. The van der Waals surface area contributed by atoms with Gasteiger partial charge in [0.15, 0.2) is 10.8 Å². The van der Waals surface area contributed by atoms with Crippen molar-refractivity contribution in [1.29, 1.82) is 5.26 Å². The van der Waals surface area contributed by atoms with Gasteiger partial charge in [0.25, 0.3) is 0 Å². The lowest BCUT2D eigenvalue weighted by Gasteiger charge is -2.13. The van der Waals surface area contributed by atoms with Crippen LogP contribution in [0.3, 0.4) is 0 Å². The van der Waals surface area contributed by atoms with Gasteiger partial charge in [-0.05, 0) is 19.1 Å². The third-order valence-electron chi connectivity index (χ3n) is 4.11. The minimum atomic E-state index is 0.347. The van der Waals surface area contributed by atoms with Crippen molar-refractivity contribution in [3.8, 4) is 28.6 Å². The summed E-state index contributed by atoms with van der Waals surface area (Å²) in [5, 5.41) is 9.36. The molecule has 0 saturated heterocycles. The number of halogens is 1. The molecule has 0 saturated carbocycles. The van der Waals surface area contributed by atoms with Crippen molar-refractivity contribution in [1.82, 2.24) is 14.4 Å². The van der Waals surface area contributed by atoms with Gasteiger partial charge < -0.3 is 0 Å². The highest BCUT2D eigenvalue weighted by atomic mass is 35.5. The second kappa shape index (κ2) is 6.04. The Balaban J connectivity index is 2.04. The third-order valence-corrected chi connectivity index (χ3v) is 4.37. The van der Waals surface area contributed by atoms with Crippen molar-refractivity contribution < 1.29 is 0 Å². The molecule has 0 unspecified atom stereocenters. The first-order valence-electron chi connectivity index (χ1n) is 7.77. The van der Waals surface area contributed by atoms with Gasteiger partial charge in [0.2, 0.25) is 0 Å². The molecule has 0 amide bonds. The molecular weight excluding hydrogens is 332 g/mol. The Morgan fingerprint density at radius 2 is 1.68 bits per heavy atom. The standard InChI is InChI=1S/C20H13ClN4/c1-13-2-6-16(7-3-13)18-17(15-8-4-14(12-22)5-9-15)24-19(21)20-23-10-11-25(18)20/h2-11H,1H3. The predicted molar refractivity (Wildman–Crippen MR) is 98.3 cm³/mol. The van der Waals surface area contributed by atoms with E-state index in [0.717, 1.165) is 22.5 Å². The highest BCUT2D eigenvalue weighted by Gasteiger charge is 2.17. The molecule has 5 heteroatoms. The van der Waals surface area contributed by atoms with Crippen LogP contribution in [-0.2, 0) is 0 Å². The molecule has 25 heavy (non-hydrogen) atoms. The van der Waals surface area contributed by atoms with Crippen molar-refractivity contribution in [2.24, 2.45) is 0 Å². The average molecular weight is 345 g/mol. The number of fused-ring (bicyclic) bond motifs is 1. The lowest BCUT2D eigenvalue weighted by Crippen LogP contribution is -2.00. The van der Waals surface area contributed by atoms with E-state index < -0.39 is 0 Å². The Bertz CT molecular complexity index is 1100. The van der Waals surface area contributed by atoms with Crippen LogP contribution in [-0.4, -0.2) is 14.4 Å². The molecule has 0 aliphatic rings. The van der Waals surface area contributed by atoms with Crippen LogP contribution >= 0.6 is 11.6 Å². The van der Waals surface area contributed by atoms with Crippen LogP contribution < -0.4 is 0 Å². The summed E-state index contributed by atoms with van der Waals surface area (Å²) in [6.45, 7) is 2.05. The molecule has 0 radical (unpaired) electrons. The van der Waals surface area contributed by atoms with Crippen LogP contribution in [0.1, 0.15) is 11.1 Å². The monoisotopic (exact) mass is 344 g/mol. The number of rotatable bonds is 2. The number of hydrogen-bond donors (Lipinski definition) is 0. The fourth-order valence-electron chi connectivity index (χ4n) is 2.84. The van der Waals surface area contributed by atoms with E-state index in [9.17, 15) is 0 Å². The van der Waals surface area contributed by atoms with E-state index in [2.05, 4.69) is 47.2 Å². The van der Waals surface area contributed by atoms with Gasteiger partial charge in [-0.25, -0.2) is 9.97 Å². The van der Waals surface area contributed by atoms with Crippen molar-refractivity contribution in [3.63, 3.8) is 0 Å². The maximum absolute atomic E-state index is 9.02. The zero-order chi connectivity index (χ0) is 17.4. The van der Waals surface area contributed by atoms with E-state index >= 15 is 0 Å². The van der Waals surface area contributed by atoms with Crippen LogP contribution in [0.5, 0.6) is 0 Å². The highest BCUT2D eigenvalue weighted by molar-refractivity contribution is 6.32. The average Bonchev–Trinajstić information content (AvgIpc) is 3.13. The summed E-state index contributed by atoms with van der Waals surface area (Å²) in [5.74, 6) is 0. The number of imidazole rings is 1. The molecule has 2 aromatic heterocycles. The third kappa shape index (κ3) is 2.65. The Morgan fingerprint density at radius 1 is 1.00 bits per heavy atom. The van der Waals surface area contributed by atoms with E-state index in [-0.39, 0.29) is 0 Å². The summed E-state index contributed by atoms with van der Waals surface area (Å²) < 4.78 is 1.95. The highest BCUT2D eigenvalue weighted by Crippen LogP contribution is 2.33. The van der Waals surface area contributed by atoms with Gasteiger partial charge in [0, 0.05) is 23.5 Å². The maximum Gasteiger partial charge on any atom is 0.175 e. The van der Waals surface area contributed by atoms with Crippen molar-refractivity contribution in [2.45, 2.75) is 6.92 Å². The number of nitriles is 1. The molecule has 0 spiro atoms. The molecule has 0 aliphatic heterocycles. The smallest absolute Gasteiger partial charge is 0.175 e.